The maximum Gasteiger partial charge on any atom is -0.00582 e. The first kappa shape index (κ1) is 29.9. The molecular weight excluding hydrogens is 480 g/mol. The van der Waals surface area contributed by atoms with Crippen molar-refractivity contribution in [2.24, 2.45) is 10.8 Å². The lowest BCUT2D eigenvalue weighted by Gasteiger charge is -2.44. The third-order valence-electron chi connectivity index (χ3n) is 9.85. The summed E-state index contributed by atoms with van der Waals surface area (Å²) in [6.07, 6.45) is 7.70. The zero-order chi connectivity index (χ0) is 28.9. The zero-order valence-electron chi connectivity index (χ0n) is 25.9. The molecule has 0 saturated carbocycles. The van der Waals surface area contributed by atoms with Crippen molar-refractivity contribution in [1.82, 2.24) is 0 Å². The second kappa shape index (κ2) is 12.6. The van der Waals surface area contributed by atoms with Crippen LogP contribution in [0.3, 0.4) is 0 Å². The molecule has 0 bridgehead atoms. The van der Waals surface area contributed by atoms with E-state index in [0.717, 1.165) is 32.1 Å². The summed E-state index contributed by atoms with van der Waals surface area (Å²) in [4.78, 5) is 0. The van der Waals surface area contributed by atoms with Gasteiger partial charge in [0, 0.05) is 0 Å². The summed E-state index contributed by atoms with van der Waals surface area (Å²) < 4.78 is 0. The first-order valence-corrected chi connectivity index (χ1v) is 15.4. The number of fused-ring (bicyclic) bond motifs is 2. The zero-order valence-corrected chi connectivity index (χ0v) is 25.9. The van der Waals surface area contributed by atoms with Crippen LogP contribution >= 0.6 is 0 Å². The van der Waals surface area contributed by atoms with Crippen LogP contribution in [-0.2, 0) is 6.42 Å². The monoisotopic (exact) mass is 530 g/mol. The summed E-state index contributed by atoms with van der Waals surface area (Å²) in [5.74, 6) is 0.410. The van der Waals surface area contributed by atoms with E-state index in [1.807, 2.05) is 0 Å². The average molecular weight is 531 g/mol. The fourth-order valence-corrected chi connectivity index (χ4v) is 6.99. The van der Waals surface area contributed by atoms with Gasteiger partial charge in [0.1, 0.15) is 0 Å². The third kappa shape index (κ3) is 6.27. The van der Waals surface area contributed by atoms with Gasteiger partial charge in [-0.1, -0.05) is 144 Å². The standard InChI is InChI=1S/C40H50/c1-9-11-18-31(5)39(7,10-2)28-40(8,27-30(4)36-24-15-20-33-19-12-13-22-37(33)36)32(6)26-34-21-16-23-35-29(3)17-14-25-38(34)35/h12-17,19-25,30H,5-6,9-11,18,26-28H2,1-4,7-8H3. The van der Waals surface area contributed by atoms with Crippen molar-refractivity contribution in [1.29, 1.82) is 0 Å². The van der Waals surface area contributed by atoms with E-state index in [0.29, 0.717) is 5.92 Å². The van der Waals surface area contributed by atoms with Crippen molar-refractivity contribution < 1.29 is 0 Å². The van der Waals surface area contributed by atoms with Gasteiger partial charge in [0.15, 0.2) is 0 Å². The molecular formula is C40H50. The van der Waals surface area contributed by atoms with Gasteiger partial charge >= 0.3 is 0 Å². The van der Waals surface area contributed by atoms with Gasteiger partial charge in [-0.05, 0) is 100 Å². The van der Waals surface area contributed by atoms with Gasteiger partial charge in [-0.3, -0.25) is 0 Å². The Kier molecular flexibility index (Phi) is 9.40. The quantitative estimate of drug-likeness (QED) is 0.151. The van der Waals surface area contributed by atoms with E-state index in [1.54, 1.807) is 0 Å². The summed E-state index contributed by atoms with van der Waals surface area (Å²) in [5, 5.41) is 5.41. The lowest BCUT2D eigenvalue weighted by Crippen LogP contribution is -2.32. The highest BCUT2D eigenvalue weighted by Gasteiger charge is 2.39. The van der Waals surface area contributed by atoms with Crippen molar-refractivity contribution in [3.8, 4) is 0 Å². The number of unbranched alkanes of at least 4 members (excludes halogenated alkanes) is 1. The highest BCUT2D eigenvalue weighted by molar-refractivity contribution is 5.89. The highest BCUT2D eigenvalue weighted by atomic mass is 14.4. The van der Waals surface area contributed by atoms with Crippen LogP contribution in [0.2, 0.25) is 0 Å². The van der Waals surface area contributed by atoms with Gasteiger partial charge in [0.05, 0.1) is 0 Å². The summed E-state index contributed by atoms with van der Waals surface area (Å²) >= 11 is 0. The molecule has 0 fully saturated rings. The van der Waals surface area contributed by atoms with Crippen molar-refractivity contribution in [3.05, 3.63) is 120 Å². The molecule has 4 aromatic carbocycles. The Balaban J connectivity index is 1.73. The number of rotatable bonds is 13. The predicted molar refractivity (Wildman–Crippen MR) is 178 cm³/mol. The molecule has 3 unspecified atom stereocenters. The fourth-order valence-electron chi connectivity index (χ4n) is 6.99. The molecule has 4 rings (SSSR count). The molecule has 0 nitrogen and oxygen atoms in total. The molecule has 40 heavy (non-hydrogen) atoms. The van der Waals surface area contributed by atoms with Crippen LogP contribution in [-0.4, -0.2) is 0 Å². The van der Waals surface area contributed by atoms with E-state index < -0.39 is 0 Å². The molecule has 0 N–H and O–H groups in total. The SMILES string of the molecule is C=C(CCCC)C(C)(CC)CC(C)(CC(C)c1cccc2ccccc12)C(=C)Cc1cccc2c(C)cccc12. The summed E-state index contributed by atoms with van der Waals surface area (Å²) in [7, 11) is 0. The minimum Gasteiger partial charge on any atom is -0.0993 e. The van der Waals surface area contributed by atoms with Gasteiger partial charge in [0.2, 0.25) is 0 Å². The minimum absolute atomic E-state index is 0.0394. The van der Waals surface area contributed by atoms with Gasteiger partial charge < -0.3 is 0 Å². The Bertz CT molecular complexity index is 1480. The van der Waals surface area contributed by atoms with Gasteiger partial charge in [-0.25, -0.2) is 0 Å². The van der Waals surface area contributed by atoms with E-state index in [-0.39, 0.29) is 10.8 Å². The molecule has 0 heteroatoms. The largest absolute Gasteiger partial charge is 0.0993 e. The first-order chi connectivity index (χ1) is 19.1. The Morgan fingerprint density at radius 3 is 2.15 bits per heavy atom. The summed E-state index contributed by atoms with van der Waals surface area (Å²) in [6.45, 7) is 23.7. The maximum absolute atomic E-state index is 4.87. The highest BCUT2D eigenvalue weighted by Crippen LogP contribution is 2.51. The lowest BCUT2D eigenvalue weighted by atomic mass is 9.61. The molecule has 0 spiro atoms. The Morgan fingerprint density at radius 1 is 0.750 bits per heavy atom. The molecule has 0 aliphatic rings. The van der Waals surface area contributed by atoms with Crippen LogP contribution in [0.25, 0.3) is 21.5 Å². The molecule has 0 aromatic heterocycles. The molecule has 0 aliphatic carbocycles. The molecule has 0 aliphatic heterocycles. The first-order valence-electron chi connectivity index (χ1n) is 15.4. The van der Waals surface area contributed by atoms with Crippen LogP contribution in [0.4, 0.5) is 0 Å². The third-order valence-corrected chi connectivity index (χ3v) is 9.85. The smallest absolute Gasteiger partial charge is 0.00582 e. The molecule has 4 aromatic rings. The van der Waals surface area contributed by atoms with Crippen molar-refractivity contribution in [3.63, 3.8) is 0 Å². The van der Waals surface area contributed by atoms with E-state index in [2.05, 4.69) is 127 Å². The topological polar surface area (TPSA) is 0 Å². The second-order valence-corrected chi connectivity index (χ2v) is 12.9. The molecule has 0 amide bonds. The predicted octanol–water partition coefficient (Wildman–Crippen LogP) is 12.2. The summed E-state index contributed by atoms with van der Waals surface area (Å²) in [5.41, 5.74) is 6.97. The Labute approximate surface area is 244 Å². The van der Waals surface area contributed by atoms with Crippen LogP contribution in [0.5, 0.6) is 0 Å². The van der Waals surface area contributed by atoms with Crippen molar-refractivity contribution in [2.45, 2.75) is 92.4 Å². The number of hydrogen-bond acceptors (Lipinski definition) is 0. The van der Waals surface area contributed by atoms with Crippen molar-refractivity contribution in [2.75, 3.05) is 0 Å². The van der Waals surface area contributed by atoms with Crippen LogP contribution in [0.15, 0.2) is 103 Å². The molecule has 210 valence electrons. The molecule has 0 radical (unpaired) electrons. The van der Waals surface area contributed by atoms with Gasteiger partial charge in [-0.2, -0.15) is 0 Å². The summed E-state index contributed by atoms with van der Waals surface area (Å²) in [6, 6.07) is 29.1. The van der Waals surface area contributed by atoms with Crippen LogP contribution in [0, 0.1) is 17.8 Å². The maximum atomic E-state index is 4.87. The molecule has 0 saturated heterocycles. The van der Waals surface area contributed by atoms with Crippen LogP contribution < -0.4 is 0 Å². The number of benzene rings is 4. The van der Waals surface area contributed by atoms with E-state index in [9.17, 15) is 0 Å². The van der Waals surface area contributed by atoms with Crippen molar-refractivity contribution >= 4 is 21.5 Å². The normalized spacial score (nSPS) is 15.4. The molecule has 0 heterocycles. The number of aryl methyl sites for hydroxylation is 1. The van der Waals surface area contributed by atoms with E-state index >= 15 is 0 Å². The van der Waals surface area contributed by atoms with Crippen LogP contribution in [0.1, 0.15) is 95.8 Å². The number of hydrogen-bond donors (Lipinski definition) is 0. The Hall–Kier alpha value is -3.12. The fraction of sp³-hybridized carbons (Fsp3) is 0.400. The Morgan fingerprint density at radius 2 is 1.40 bits per heavy atom. The lowest BCUT2D eigenvalue weighted by molar-refractivity contribution is 0.193. The number of allylic oxidation sites excluding steroid dienone is 2. The molecule has 3 atom stereocenters. The second-order valence-electron chi connectivity index (χ2n) is 12.9. The van der Waals surface area contributed by atoms with Gasteiger partial charge in [0.25, 0.3) is 0 Å². The van der Waals surface area contributed by atoms with E-state index in [4.69, 9.17) is 6.58 Å². The van der Waals surface area contributed by atoms with E-state index in [1.165, 1.54) is 62.2 Å². The van der Waals surface area contributed by atoms with Gasteiger partial charge in [-0.15, -0.1) is 0 Å². The average Bonchev–Trinajstić information content (AvgIpc) is 2.95. The minimum atomic E-state index is -0.0394.